The van der Waals surface area contributed by atoms with E-state index in [0.717, 1.165) is 32.1 Å². The number of ether oxygens (including phenoxy) is 4. The molecule has 9 N–H and O–H groups in total. The smallest absolute Gasteiger partial charge is 0.317 e. The Kier molecular flexibility index (Phi) is 11.0. The lowest BCUT2D eigenvalue weighted by atomic mass is 9.34. The zero-order chi connectivity index (χ0) is 40.2. The van der Waals surface area contributed by atoms with Crippen LogP contribution in [0, 0.1) is 50.7 Å². The highest BCUT2D eigenvalue weighted by molar-refractivity contribution is 5.80. The van der Waals surface area contributed by atoms with Gasteiger partial charge in [-0.05, 0) is 103 Å². The normalized spacial score (nSPS) is 54.9. The van der Waals surface area contributed by atoms with Crippen LogP contribution < -0.4 is 0 Å². The Bertz CT molecular complexity index is 1470. The Labute approximate surface area is 323 Å². The second kappa shape index (κ2) is 14.5. The van der Waals surface area contributed by atoms with E-state index in [4.69, 9.17) is 18.9 Å². The van der Waals surface area contributed by atoms with Crippen LogP contribution in [0.4, 0.5) is 0 Å². The lowest BCUT2D eigenvalue weighted by molar-refractivity contribution is -0.357. The Hall–Kier alpha value is -1.27. The minimum Gasteiger partial charge on any atom is -0.432 e. The van der Waals surface area contributed by atoms with E-state index in [2.05, 4.69) is 47.6 Å². The van der Waals surface area contributed by atoms with Gasteiger partial charge in [0.15, 0.2) is 6.29 Å². The maximum atomic E-state index is 14.8. The summed E-state index contributed by atoms with van der Waals surface area (Å²) in [5, 5.41) is 96.7. The number of hydrogen-bond donors (Lipinski definition) is 9. The Morgan fingerprint density at radius 2 is 1.44 bits per heavy atom. The molecule has 0 amide bonds. The van der Waals surface area contributed by atoms with Crippen molar-refractivity contribution in [1.29, 1.82) is 0 Å². The van der Waals surface area contributed by atoms with Crippen molar-refractivity contribution >= 4 is 5.97 Å². The van der Waals surface area contributed by atoms with Gasteiger partial charge in [-0.25, -0.2) is 0 Å². The van der Waals surface area contributed by atoms with Crippen molar-refractivity contribution in [3.8, 4) is 0 Å². The van der Waals surface area contributed by atoms with Crippen molar-refractivity contribution in [2.75, 3.05) is 13.2 Å². The van der Waals surface area contributed by atoms with Crippen LogP contribution >= 0.6 is 0 Å². The lowest BCUT2D eigenvalue weighted by Gasteiger charge is -2.70. The van der Waals surface area contributed by atoms with E-state index in [1.807, 2.05) is 0 Å². The zero-order valence-corrected chi connectivity index (χ0v) is 33.2. The third-order valence-corrected chi connectivity index (χ3v) is 16.8. The largest absolute Gasteiger partial charge is 0.432 e. The molecule has 5 aliphatic carbocycles. The van der Waals surface area contributed by atoms with Gasteiger partial charge in [0.25, 0.3) is 0 Å². The summed E-state index contributed by atoms with van der Waals surface area (Å²) in [6.45, 7) is 12.1. The third-order valence-electron chi connectivity index (χ3n) is 16.8. The van der Waals surface area contributed by atoms with Gasteiger partial charge < -0.3 is 64.9 Å². The number of carbonyl (C=O) groups excluding carboxylic acids is 1. The minimum atomic E-state index is -1.89. The first kappa shape index (κ1) is 41.9. The molecule has 7 aliphatic rings. The maximum absolute atomic E-state index is 14.8. The predicted octanol–water partition coefficient (Wildman–Crippen LogP) is 0.897. The van der Waals surface area contributed by atoms with Crippen LogP contribution in [0.15, 0.2) is 11.6 Å². The van der Waals surface area contributed by atoms with E-state index in [9.17, 15) is 50.8 Å². The molecule has 0 spiro atoms. The number of aliphatic hydroxyl groups is 9. The molecule has 2 saturated heterocycles. The maximum Gasteiger partial charge on any atom is 0.317 e. The number of aliphatic hydroxyl groups excluding tert-OH is 9. The topological polar surface area (TPSA) is 236 Å². The van der Waals surface area contributed by atoms with Gasteiger partial charge in [0.1, 0.15) is 54.2 Å². The molecule has 6 fully saturated rings. The van der Waals surface area contributed by atoms with Crippen LogP contribution in [0.1, 0.15) is 99.3 Å². The van der Waals surface area contributed by atoms with Crippen LogP contribution in [0.25, 0.3) is 0 Å². The first-order valence-electron chi connectivity index (χ1n) is 20.6. The van der Waals surface area contributed by atoms with E-state index < -0.39 is 97.5 Å². The van der Waals surface area contributed by atoms with Crippen LogP contribution in [-0.4, -0.2) is 139 Å². The Morgan fingerprint density at radius 1 is 0.782 bits per heavy atom. The van der Waals surface area contributed by atoms with E-state index in [1.54, 1.807) is 0 Å². The molecule has 4 saturated carbocycles. The number of fused-ring (bicyclic) bond motifs is 7. The monoisotopic (exact) mass is 782 g/mol. The fourth-order valence-electron chi connectivity index (χ4n) is 13.2. The highest BCUT2D eigenvalue weighted by Gasteiger charge is 2.71. The van der Waals surface area contributed by atoms with Crippen molar-refractivity contribution < 1.29 is 69.7 Å². The van der Waals surface area contributed by atoms with Crippen molar-refractivity contribution in [3.63, 3.8) is 0 Å². The molecule has 13 unspecified atom stereocenters. The summed E-state index contributed by atoms with van der Waals surface area (Å²) in [7, 11) is 0. The van der Waals surface area contributed by atoms with Crippen molar-refractivity contribution in [1.82, 2.24) is 0 Å². The molecule has 0 aromatic heterocycles. The summed E-state index contributed by atoms with van der Waals surface area (Å²) in [6.07, 6.45) is -9.17. The molecule has 7 rings (SSSR count). The lowest BCUT2D eigenvalue weighted by Crippen LogP contribution is -2.68. The molecule has 0 aromatic rings. The van der Waals surface area contributed by atoms with Crippen LogP contribution in [-0.2, 0) is 23.7 Å². The van der Waals surface area contributed by atoms with Gasteiger partial charge in [0.05, 0.1) is 25.4 Å². The molecule has 20 atom stereocenters. The van der Waals surface area contributed by atoms with Crippen LogP contribution in [0.3, 0.4) is 0 Å². The highest BCUT2D eigenvalue weighted by Crippen LogP contribution is 2.75. The van der Waals surface area contributed by atoms with E-state index in [0.29, 0.717) is 37.5 Å². The van der Waals surface area contributed by atoms with Gasteiger partial charge >= 0.3 is 5.97 Å². The SMILES string of the molecule is C[C@@H]1C2CC[C@]3(C)C(CC=C4[C@@H]5CC(C)(C)CC[C@]5(C(=O)OC5OC(CO)C(OC6OC(CO)C(O)C(O)C6O)C(O)C5O)C(O)C[C@]43C)[C@@]2(C)CC[C@@H]1O. The quantitative estimate of drug-likeness (QED) is 0.135. The first-order chi connectivity index (χ1) is 25.7. The molecule has 0 aromatic carbocycles. The fourth-order valence-corrected chi connectivity index (χ4v) is 13.2. The van der Waals surface area contributed by atoms with Crippen molar-refractivity contribution in [2.45, 2.75) is 173 Å². The number of allylic oxidation sites excluding steroid dienone is 2. The Balaban J connectivity index is 1.15. The minimum absolute atomic E-state index is 0.0316. The molecule has 55 heavy (non-hydrogen) atoms. The summed E-state index contributed by atoms with van der Waals surface area (Å²) >= 11 is 0. The van der Waals surface area contributed by atoms with Gasteiger partial charge in [-0.2, -0.15) is 0 Å². The molecule has 2 aliphatic heterocycles. The average molecular weight is 783 g/mol. The zero-order valence-electron chi connectivity index (χ0n) is 33.2. The number of rotatable bonds is 6. The number of esters is 1. The molecule has 0 bridgehead atoms. The molecular weight excluding hydrogens is 716 g/mol. The fraction of sp³-hybridized carbons (Fsp3) is 0.927. The average Bonchev–Trinajstić information content (AvgIpc) is 3.13. The molecule has 314 valence electrons. The first-order valence-corrected chi connectivity index (χ1v) is 20.6. The highest BCUT2D eigenvalue weighted by atomic mass is 16.7. The molecule has 14 heteroatoms. The van der Waals surface area contributed by atoms with E-state index >= 15 is 0 Å². The predicted molar refractivity (Wildman–Crippen MR) is 194 cm³/mol. The van der Waals surface area contributed by atoms with E-state index in [-0.39, 0.29) is 34.2 Å². The summed E-state index contributed by atoms with van der Waals surface area (Å²) in [5.74, 6) is -0.147. The van der Waals surface area contributed by atoms with Gasteiger partial charge in [-0.15, -0.1) is 0 Å². The molecule has 2 heterocycles. The molecular formula is C41H66O14. The van der Waals surface area contributed by atoms with Crippen LogP contribution in [0.5, 0.6) is 0 Å². The summed E-state index contributed by atoms with van der Waals surface area (Å²) < 4.78 is 23.0. The van der Waals surface area contributed by atoms with Crippen molar-refractivity contribution in [3.05, 3.63) is 11.6 Å². The number of hydrogen-bond acceptors (Lipinski definition) is 14. The van der Waals surface area contributed by atoms with Gasteiger partial charge in [0, 0.05) is 0 Å². The summed E-state index contributed by atoms with van der Waals surface area (Å²) in [4.78, 5) is 14.8. The van der Waals surface area contributed by atoms with E-state index in [1.165, 1.54) is 5.57 Å². The summed E-state index contributed by atoms with van der Waals surface area (Å²) in [5.41, 5.74) is -0.875. The molecule has 14 nitrogen and oxygen atoms in total. The Morgan fingerprint density at radius 3 is 2.11 bits per heavy atom. The molecule has 0 radical (unpaired) electrons. The summed E-state index contributed by atoms with van der Waals surface area (Å²) in [6, 6.07) is 0. The number of carbonyl (C=O) groups is 1. The van der Waals surface area contributed by atoms with Gasteiger partial charge in [0.2, 0.25) is 6.29 Å². The second-order valence-electron chi connectivity index (χ2n) is 19.9. The van der Waals surface area contributed by atoms with Crippen LogP contribution in [0.2, 0.25) is 0 Å². The van der Waals surface area contributed by atoms with Crippen molar-refractivity contribution in [2.24, 2.45) is 50.7 Å². The standard InChI is InChI=1S/C41H66O14/c1-19-20-9-12-39(5)26(38(20,4)11-10-23(19)44)8-7-21-22-15-37(2,3)13-14-41(22,27(45)16-40(21,39)6)36(51)55-35-32(50)30(48)33(25(18-43)53-35)54-34-31(49)29(47)28(46)24(17-42)52-34/h7,19-20,22-35,42-50H,8-18H2,1-6H3/t19-,20?,22+,23+,24?,25?,26?,27?,28?,29?,30?,31?,32?,33?,34?,35?,38+,39-,40-,41-/m1/s1. The van der Waals surface area contributed by atoms with Gasteiger partial charge in [-0.3, -0.25) is 4.79 Å². The third kappa shape index (κ3) is 6.22. The second-order valence-corrected chi connectivity index (χ2v) is 19.9. The van der Waals surface area contributed by atoms with Gasteiger partial charge in [-0.1, -0.05) is 53.2 Å².